The number of aryl methyl sites for hydroxylation is 1. The molecule has 0 saturated heterocycles. The number of pyridine rings is 2. The van der Waals surface area contributed by atoms with Gasteiger partial charge in [-0.3, -0.25) is 9.36 Å². The van der Waals surface area contributed by atoms with Gasteiger partial charge in [-0.25, -0.2) is 14.4 Å². The highest BCUT2D eigenvalue weighted by molar-refractivity contribution is 5.93. The first-order valence-electron chi connectivity index (χ1n) is 10.7. The summed E-state index contributed by atoms with van der Waals surface area (Å²) in [6, 6.07) is 2.38. The Kier molecular flexibility index (Phi) is 5.37. The van der Waals surface area contributed by atoms with Gasteiger partial charge in [0, 0.05) is 42.7 Å². The maximum atomic E-state index is 14.3. The summed E-state index contributed by atoms with van der Waals surface area (Å²) in [6.07, 6.45) is 3.20. The number of alkyl halides is 3. The summed E-state index contributed by atoms with van der Waals surface area (Å²) in [7, 11) is 1.82. The van der Waals surface area contributed by atoms with E-state index < -0.39 is 29.5 Å². The molecule has 1 saturated carbocycles. The molecule has 2 N–H and O–H groups in total. The lowest BCUT2D eigenvalue weighted by molar-refractivity contribution is -0.140. The normalized spacial score (nSPS) is 19.0. The van der Waals surface area contributed by atoms with Crippen molar-refractivity contribution < 1.29 is 22.3 Å². The van der Waals surface area contributed by atoms with Gasteiger partial charge in [0.1, 0.15) is 17.6 Å². The van der Waals surface area contributed by atoms with Crippen molar-refractivity contribution in [3.05, 3.63) is 48.3 Å². The predicted molar refractivity (Wildman–Crippen MR) is 115 cm³/mol. The molecule has 0 unspecified atom stereocenters. The summed E-state index contributed by atoms with van der Waals surface area (Å²) in [5, 5.41) is 9.89. The maximum absolute atomic E-state index is 14.3. The zero-order chi connectivity index (χ0) is 24.0. The largest absolute Gasteiger partial charge is 0.472 e. The molecular formula is C22H21F4N7O. The van der Waals surface area contributed by atoms with Crippen molar-refractivity contribution in [2.75, 3.05) is 5.73 Å². The van der Waals surface area contributed by atoms with E-state index >= 15 is 0 Å². The zero-order valence-electron chi connectivity index (χ0n) is 18.1. The first-order valence-corrected chi connectivity index (χ1v) is 10.7. The fourth-order valence-electron chi connectivity index (χ4n) is 4.37. The number of nitrogens with two attached hydrogens (primary N) is 1. The van der Waals surface area contributed by atoms with Gasteiger partial charge in [0.15, 0.2) is 5.82 Å². The Balaban J connectivity index is 1.37. The number of aromatic nitrogens is 6. The monoisotopic (exact) mass is 475 g/mol. The minimum absolute atomic E-state index is 0.00823. The topological polar surface area (TPSA) is 96.7 Å². The van der Waals surface area contributed by atoms with E-state index in [0.29, 0.717) is 37.6 Å². The molecule has 0 atom stereocenters. The van der Waals surface area contributed by atoms with Crippen LogP contribution in [0.5, 0.6) is 5.88 Å². The van der Waals surface area contributed by atoms with Gasteiger partial charge in [-0.2, -0.15) is 23.4 Å². The summed E-state index contributed by atoms with van der Waals surface area (Å²) in [5.41, 5.74) is 6.96. The Morgan fingerprint density at radius 2 is 1.88 bits per heavy atom. The minimum Gasteiger partial charge on any atom is -0.472 e. The van der Waals surface area contributed by atoms with Crippen LogP contribution in [-0.4, -0.2) is 35.6 Å². The van der Waals surface area contributed by atoms with E-state index in [0.717, 1.165) is 28.4 Å². The van der Waals surface area contributed by atoms with Crippen LogP contribution in [0.4, 0.5) is 23.4 Å². The highest BCUT2D eigenvalue weighted by atomic mass is 19.4. The van der Waals surface area contributed by atoms with Crippen LogP contribution >= 0.6 is 0 Å². The number of hydrogen-bond acceptors (Lipinski definition) is 6. The molecule has 4 aromatic heterocycles. The second-order valence-corrected chi connectivity index (χ2v) is 8.35. The molecule has 1 fully saturated rings. The molecule has 0 radical (unpaired) electrons. The van der Waals surface area contributed by atoms with Crippen molar-refractivity contribution >= 4 is 16.7 Å². The van der Waals surface area contributed by atoms with Crippen LogP contribution in [0.2, 0.25) is 0 Å². The van der Waals surface area contributed by atoms with Gasteiger partial charge in [-0.05, 0) is 31.7 Å². The predicted octanol–water partition coefficient (Wildman–Crippen LogP) is 4.53. The number of fused-ring (bicyclic) bond motifs is 1. The third kappa shape index (κ3) is 4.03. The molecule has 4 aromatic rings. The van der Waals surface area contributed by atoms with Gasteiger partial charge >= 0.3 is 6.18 Å². The first kappa shape index (κ1) is 22.1. The Bertz CT molecular complexity index is 1340. The molecular weight excluding hydrogens is 454 g/mol. The molecule has 12 heteroatoms. The van der Waals surface area contributed by atoms with Gasteiger partial charge in [0.05, 0.1) is 23.3 Å². The quantitative estimate of drug-likeness (QED) is 0.436. The van der Waals surface area contributed by atoms with Gasteiger partial charge in [0.25, 0.3) is 5.88 Å². The Morgan fingerprint density at radius 3 is 2.56 bits per heavy atom. The van der Waals surface area contributed by atoms with Crippen LogP contribution in [0.15, 0.2) is 36.9 Å². The Hall–Kier alpha value is -3.70. The molecule has 0 aromatic carbocycles. The second kappa shape index (κ2) is 8.26. The summed E-state index contributed by atoms with van der Waals surface area (Å²) in [6.45, 7) is 0. The molecule has 34 heavy (non-hydrogen) atoms. The van der Waals surface area contributed by atoms with Crippen LogP contribution in [0.25, 0.3) is 22.2 Å². The van der Waals surface area contributed by atoms with Crippen molar-refractivity contribution in [1.29, 1.82) is 0 Å². The smallest absolute Gasteiger partial charge is 0.419 e. The number of halogens is 4. The highest BCUT2D eigenvalue weighted by Gasteiger charge is 2.36. The molecule has 1 aliphatic carbocycles. The van der Waals surface area contributed by atoms with E-state index in [1.165, 1.54) is 0 Å². The lowest BCUT2D eigenvalue weighted by atomic mass is 9.93. The van der Waals surface area contributed by atoms with E-state index in [1.807, 2.05) is 17.9 Å². The first-order chi connectivity index (χ1) is 16.2. The van der Waals surface area contributed by atoms with Crippen molar-refractivity contribution in [2.24, 2.45) is 7.05 Å². The maximum Gasteiger partial charge on any atom is 0.419 e. The van der Waals surface area contributed by atoms with Crippen LogP contribution in [-0.2, 0) is 13.2 Å². The number of nitrogen functional groups attached to an aromatic ring is 1. The van der Waals surface area contributed by atoms with Gasteiger partial charge in [-0.1, -0.05) is 0 Å². The standard InChI is InChI=1S/C22H21F4N7O/c1-32-11-12(9-30-32)20-15-10-29-18(27)8-17(15)33(31-20)13-2-4-14(5-3-13)34-21-19(23)16(6-7-28-21)22(24,25)26/h6-11,13-14H,2-5H2,1H3,(H2,27,29)/t13-,14+. The van der Waals surface area contributed by atoms with Crippen molar-refractivity contribution in [2.45, 2.75) is 44.0 Å². The van der Waals surface area contributed by atoms with E-state index in [4.69, 9.17) is 15.6 Å². The van der Waals surface area contributed by atoms with Gasteiger partial charge in [-0.15, -0.1) is 0 Å². The minimum atomic E-state index is -4.81. The number of anilines is 1. The van der Waals surface area contributed by atoms with Crippen molar-refractivity contribution in [1.82, 2.24) is 29.5 Å². The lowest BCUT2D eigenvalue weighted by Crippen LogP contribution is -2.27. The van der Waals surface area contributed by atoms with Crippen LogP contribution in [0.1, 0.15) is 37.3 Å². The van der Waals surface area contributed by atoms with E-state index in [2.05, 4.69) is 15.1 Å². The summed E-state index contributed by atoms with van der Waals surface area (Å²) < 4.78 is 62.4. The number of rotatable bonds is 4. The summed E-state index contributed by atoms with van der Waals surface area (Å²) >= 11 is 0. The lowest BCUT2D eigenvalue weighted by Gasteiger charge is -2.29. The van der Waals surface area contributed by atoms with Gasteiger partial charge < -0.3 is 10.5 Å². The number of hydrogen-bond donors (Lipinski definition) is 1. The summed E-state index contributed by atoms with van der Waals surface area (Å²) in [4.78, 5) is 7.87. The van der Waals surface area contributed by atoms with Gasteiger partial charge in [0.2, 0.25) is 0 Å². The molecule has 5 rings (SSSR count). The molecule has 0 amide bonds. The molecule has 0 spiro atoms. The zero-order valence-corrected chi connectivity index (χ0v) is 18.1. The number of nitrogens with zero attached hydrogens (tertiary/aromatic N) is 6. The fourth-order valence-corrected chi connectivity index (χ4v) is 4.37. The molecule has 0 aliphatic heterocycles. The third-order valence-electron chi connectivity index (χ3n) is 6.02. The molecule has 178 valence electrons. The second-order valence-electron chi connectivity index (χ2n) is 8.35. The Morgan fingerprint density at radius 1 is 1.12 bits per heavy atom. The average molecular weight is 475 g/mol. The SMILES string of the molecule is Cn1cc(-c2nn([C@H]3CC[C@@H](Oc4nccc(C(F)(F)F)c4F)CC3)c3cc(N)ncc23)cn1. The van der Waals surface area contributed by atoms with Crippen molar-refractivity contribution in [3.63, 3.8) is 0 Å². The van der Waals surface area contributed by atoms with Crippen LogP contribution in [0, 0.1) is 5.82 Å². The van der Waals surface area contributed by atoms with E-state index in [-0.39, 0.29) is 6.04 Å². The molecule has 4 heterocycles. The number of ether oxygens (including phenoxy) is 1. The molecule has 0 bridgehead atoms. The van der Waals surface area contributed by atoms with E-state index in [9.17, 15) is 17.6 Å². The highest BCUT2D eigenvalue weighted by Crippen LogP contribution is 2.38. The van der Waals surface area contributed by atoms with Crippen molar-refractivity contribution in [3.8, 4) is 17.1 Å². The summed E-state index contributed by atoms with van der Waals surface area (Å²) in [5.74, 6) is -1.74. The fraction of sp³-hybridized carbons (Fsp3) is 0.364. The average Bonchev–Trinajstić information content (AvgIpc) is 3.38. The molecule has 1 aliphatic rings. The molecule has 8 nitrogen and oxygen atoms in total. The van der Waals surface area contributed by atoms with E-state index in [1.54, 1.807) is 23.1 Å². The van der Waals surface area contributed by atoms with Crippen LogP contribution < -0.4 is 10.5 Å². The van der Waals surface area contributed by atoms with Crippen LogP contribution in [0.3, 0.4) is 0 Å². The Labute approximate surface area is 191 Å². The third-order valence-corrected chi connectivity index (χ3v) is 6.02.